The van der Waals surface area contributed by atoms with Crippen LogP contribution in [0.5, 0.6) is 0 Å². The van der Waals surface area contributed by atoms with Crippen molar-refractivity contribution < 1.29 is 27.6 Å². The fourth-order valence-corrected chi connectivity index (χ4v) is 6.54. The number of rotatable bonds is 4. The van der Waals surface area contributed by atoms with E-state index in [1.54, 1.807) is 18.7 Å². The van der Waals surface area contributed by atoms with Crippen molar-refractivity contribution in [3.8, 4) is 0 Å². The van der Waals surface area contributed by atoms with E-state index in [4.69, 9.17) is 9.26 Å². The lowest BCUT2D eigenvalue weighted by atomic mass is 9.96. The molecule has 166 valence electrons. The lowest BCUT2D eigenvalue weighted by Gasteiger charge is -2.39. The maximum atomic E-state index is 13.1. The molecule has 10 nitrogen and oxygen atoms in total. The van der Waals surface area contributed by atoms with Gasteiger partial charge in [-0.05, 0) is 32.6 Å². The molecule has 4 heterocycles. The van der Waals surface area contributed by atoms with Crippen molar-refractivity contribution >= 4 is 22.4 Å². The van der Waals surface area contributed by atoms with Crippen molar-refractivity contribution in [2.24, 2.45) is 5.92 Å². The van der Waals surface area contributed by atoms with Gasteiger partial charge in [0.05, 0.1) is 19.0 Å². The van der Waals surface area contributed by atoms with Crippen molar-refractivity contribution in [1.82, 2.24) is 19.3 Å². The Morgan fingerprint density at radius 2 is 1.90 bits per heavy atom. The molecule has 3 fully saturated rings. The number of cyclic esters (lactones) is 1. The van der Waals surface area contributed by atoms with E-state index >= 15 is 0 Å². The van der Waals surface area contributed by atoms with Gasteiger partial charge in [0.2, 0.25) is 10.8 Å². The first-order valence-corrected chi connectivity index (χ1v) is 11.9. The second kappa shape index (κ2) is 8.27. The number of piperidine rings is 2. The minimum absolute atomic E-state index is 0.00360. The van der Waals surface area contributed by atoms with Crippen molar-refractivity contribution in [2.45, 2.75) is 50.5 Å². The first kappa shape index (κ1) is 21.3. The third-order valence-corrected chi connectivity index (χ3v) is 8.42. The highest BCUT2D eigenvalue weighted by Crippen LogP contribution is 2.32. The Kier molecular flexibility index (Phi) is 5.86. The van der Waals surface area contributed by atoms with Crippen LogP contribution in [0.2, 0.25) is 0 Å². The van der Waals surface area contributed by atoms with Crippen LogP contribution >= 0.6 is 0 Å². The fourth-order valence-electron chi connectivity index (χ4n) is 4.73. The summed E-state index contributed by atoms with van der Waals surface area (Å²) in [6.07, 6.45) is 2.47. The minimum Gasteiger partial charge on any atom is -0.593 e. The Morgan fingerprint density at radius 3 is 2.50 bits per heavy atom. The standard InChI is InChI=1S/C19H28N4O6S/c1-13-17(14(2)29-20-13)30(26,27)22-7-3-4-15(12-22)18(24)21-8-5-16(6-9-21)23-10-11-28-19(23)25/h15-16H,3-12H2,1-2H3. The second-order valence-corrected chi connectivity index (χ2v) is 10.1. The van der Waals surface area contributed by atoms with Gasteiger partial charge in [-0.1, -0.05) is 9.37 Å². The van der Waals surface area contributed by atoms with Gasteiger partial charge in [0.15, 0.2) is 16.2 Å². The zero-order chi connectivity index (χ0) is 21.5. The summed E-state index contributed by atoms with van der Waals surface area (Å²) < 4.78 is 37.6. The average molecular weight is 441 g/mol. The number of hydrogen-bond acceptors (Lipinski definition) is 7. The van der Waals surface area contributed by atoms with Crippen LogP contribution in [0.3, 0.4) is 0 Å². The van der Waals surface area contributed by atoms with Gasteiger partial charge < -0.3 is 23.6 Å². The highest BCUT2D eigenvalue weighted by atomic mass is 32.3. The number of nitrogens with zero attached hydrogens (tertiary/aromatic N) is 4. The van der Waals surface area contributed by atoms with Crippen LogP contribution in [0, 0.1) is 19.8 Å². The monoisotopic (exact) mass is 440 g/mol. The zero-order valence-electron chi connectivity index (χ0n) is 17.4. The van der Waals surface area contributed by atoms with Gasteiger partial charge in [0, 0.05) is 32.6 Å². The normalized spacial score (nSPS) is 26.0. The molecule has 1 aromatic heterocycles. The number of carbonyl (C=O) groups excluding carboxylic acids is 2. The molecule has 2 atom stereocenters. The molecule has 4 rings (SSSR count). The van der Waals surface area contributed by atoms with E-state index in [1.165, 1.54) is 4.31 Å². The summed E-state index contributed by atoms with van der Waals surface area (Å²) >= 11 is 0. The Hall–Kier alpha value is -1.98. The van der Waals surface area contributed by atoms with Gasteiger partial charge in [0.1, 0.15) is 12.3 Å². The molecular formula is C19H28N4O6S. The Bertz CT molecular complexity index is 846. The summed E-state index contributed by atoms with van der Waals surface area (Å²) in [6.45, 7) is 5.92. The first-order chi connectivity index (χ1) is 14.3. The number of hydrogen-bond donors (Lipinski definition) is 0. The van der Waals surface area contributed by atoms with E-state index in [0.29, 0.717) is 64.2 Å². The second-order valence-electron chi connectivity index (χ2n) is 8.22. The maximum Gasteiger partial charge on any atom is 0.410 e. The number of sulfonamides is 1. The fraction of sp³-hybridized carbons (Fsp3) is 0.737. The summed E-state index contributed by atoms with van der Waals surface area (Å²) in [5.74, 6) is -0.0955. The predicted molar refractivity (Wildman–Crippen MR) is 105 cm³/mol. The van der Waals surface area contributed by atoms with E-state index < -0.39 is 10.4 Å². The third kappa shape index (κ3) is 3.85. The largest absolute Gasteiger partial charge is 0.593 e. The number of carbonyl (C=O) groups is 2. The van der Waals surface area contributed by atoms with Gasteiger partial charge in [-0.25, -0.2) is 4.79 Å². The molecule has 0 radical (unpaired) electrons. The molecule has 3 aliphatic rings. The van der Waals surface area contributed by atoms with Crippen molar-refractivity contribution in [2.75, 3.05) is 39.3 Å². The predicted octanol–water partition coefficient (Wildman–Crippen LogP) is 1.35. The number of aromatic nitrogens is 1. The highest BCUT2D eigenvalue weighted by molar-refractivity contribution is 7.95. The topological polar surface area (TPSA) is 119 Å². The van der Waals surface area contributed by atoms with E-state index in [1.807, 2.05) is 4.90 Å². The molecule has 0 aromatic carbocycles. The molecular weight excluding hydrogens is 412 g/mol. The van der Waals surface area contributed by atoms with Gasteiger partial charge in [-0.2, -0.15) is 0 Å². The van der Waals surface area contributed by atoms with E-state index in [9.17, 15) is 18.4 Å². The maximum absolute atomic E-state index is 13.1. The molecule has 0 bridgehead atoms. The van der Waals surface area contributed by atoms with Crippen LogP contribution in [0.1, 0.15) is 37.1 Å². The van der Waals surface area contributed by atoms with E-state index in [2.05, 4.69) is 5.16 Å². The Balaban J connectivity index is 1.38. The minimum atomic E-state index is -3.75. The van der Waals surface area contributed by atoms with Crippen LogP contribution in [0.4, 0.5) is 4.79 Å². The summed E-state index contributed by atoms with van der Waals surface area (Å²) in [5.41, 5.74) is 0.337. The zero-order valence-corrected chi connectivity index (χ0v) is 18.2. The number of likely N-dealkylation sites (tertiary alicyclic amines) is 1. The van der Waals surface area contributed by atoms with Crippen LogP contribution in [-0.2, 0) is 24.1 Å². The molecule has 3 saturated heterocycles. The third-order valence-electron chi connectivity index (χ3n) is 6.31. The van der Waals surface area contributed by atoms with Crippen molar-refractivity contribution in [3.63, 3.8) is 0 Å². The summed E-state index contributed by atoms with van der Waals surface area (Å²) in [5, 5.41) is 3.76. The van der Waals surface area contributed by atoms with Gasteiger partial charge in [-0.15, -0.1) is 4.31 Å². The SMILES string of the molecule is Cc1noc(C)c1[S+](=O)([O-])N1CCCC(C(=O)N2CCC(N3CCOC3=O)CC2)C1. The summed E-state index contributed by atoms with van der Waals surface area (Å²) in [7, 11) is -3.75. The first-order valence-electron chi connectivity index (χ1n) is 10.4. The van der Waals surface area contributed by atoms with Gasteiger partial charge >= 0.3 is 6.09 Å². The molecule has 2 amide bonds. The van der Waals surface area contributed by atoms with E-state index in [0.717, 1.165) is 0 Å². The Morgan fingerprint density at radius 1 is 1.17 bits per heavy atom. The molecule has 2 unspecified atom stereocenters. The molecule has 3 aliphatic heterocycles. The van der Waals surface area contributed by atoms with Crippen LogP contribution < -0.4 is 0 Å². The quantitative estimate of drug-likeness (QED) is 0.648. The molecule has 30 heavy (non-hydrogen) atoms. The Labute approximate surface area is 176 Å². The van der Waals surface area contributed by atoms with Crippen LogP contribution in [0.15, 0.2) is 9.42 Å². The number of amides is 2. The van der Waals surface area contributed by atoms with Crippen molar-refractivity contribution in [1.29, 1.82) is 0 Å². The summed E-state index contributed by atoms with van der Waals surface area (Å²) in [4.78, 5) is 28.5. The molecule has 0 aliphatic carbocycles. The lowest BCUT2D eigenvalue weighted by molar-refractivity contribution is -0.138. The molecule has 1 aromatic rings. The highest BCUT2D eigenvalue weighted by Gasteiger charge is 2.42. The smallest absolute Gasteiger partial charge is 0.410 e. The van der Waals surface area contributed by atoms with E-state index in [-0.39, 0.29) is 41.2 Å². The van der Waals surface area contributed by atoms with Crippen LogP contribution in [-0.4, -0.2) is 81.2 Å². The number of ether oxygens (including phenoxy) is 1. The average Bonchev–Trinajstić information content (AvgIpc) is 3.32. The van der Waals surface area contributed by atoms with Gasteiger partial charge in [-0.3, -0.25) is 4.79 Å². The van der Waals surface area contributed by atoms with Crippen molar-refractivity contribution in [3.05, 3.63) is 11.5 Å². The number of aryl methyl sites for hydroxylation is 2. The van der Waals surface area contributed by atoms with Gasteiger partial charge in [0.25, 0.3) is 0 Å². The molecule has 0 N–H and O–H groups in total. The molecule has 0 saturated carbocycles. The molecule has 11 heteroatoms. The molecule has 0 spiro atoms. The van der Waals surface area contributed by atoms with Crippen LogP contribution in [0.25, 0.3) is 0 Å². The lowest BCUT2D eigenvalue weighted by Crippen LogP contribution is -2.52. The summed E-state index contributed by atoms with van der Waals surface area (Å²) in [6, 6.07) is 0.104.